The standard InChI is InChI=1S/C16H20ClNOS/c1-3-18-9-15-8-14(12(2)20-15)11-19-10-13-6-4-5-7-16(13)17/h4-8,18H,3,9-11H2,1-2H3. The minimum atomic E-state index is 0.553. The summed E-state index contributed by atoms with van der Waals surface area (Å²) >= 11 is 7.95. The van der Waals surface area contributed by atoms with Gasteiger partial charge in [-0.25, -0.2) is 0 Å². The second-order valence-electron chi connectivity index (χ2n) is 4.66. The zero-order valence-electron chi connectivity index (χ0n) is 11.9. The quantitative estimate of drug-likeness (QED) is 0.811. The van der Waals surface area contributed by atoms with Crippen LogP contribution in [0.1, 0.15) is 27.8 Å². The number of aryl methyl sites for hydroxylation is 1. The number of benzene rings is 1. The van der Waals surface area contributed by atoms with Gasteiger partial charge in [-0.3, -0.25) is 0 Å². The molecule has 0 radical (unpaired) electrons. The van der Waals surface area contributed by atoms with Gasteiger partial charge in [0.2, 0.25) is 0 Å². The minimum Gasteiger partial charge on any atom is -0.372 e. The van der Waals surface area contributed by atoms with Crippen LogP contribution in [-0.2, 0) is 24.5 Å². The highest BCUT2D eigenvalue weighted by Crippen LogP contribution is 2.23. The second kappa shape index (κ2) is 7.79. The topological polar surface area (TPSA) is 21.3 Å². The first-order chi connectivity index (χ1) is 9.70. The molecular weight excluding hydrogens is 290 g/mol. The molecule has 0 spiro atoms. The van der Waals surface area contributed by atoms with E-state index in [1.807, 2.05) is 35.6 Å². The van der Waals surface area contributed by atoms with Gasteiger partial charge in [0.25, 0.3) is 0 Å². The molecule has 0 aliphatic carbocycles. The summed E-state index contributed by atoms with van der Waals surface area (Å²) in [5.41, 5.74) is 2.31. The molecule has 1 aromatic heterocycles. The van der Waals surface area contributed by atoms with Crippen LogP contribution in [0.25, 0.3) is 0 Å². The van der Waals surface area contributed by atoms with E-state index in [4.69, 9.17) is 16.3 Å². The molecule has 1 aromatic carbocycles. The maximum Gasteiger partial charge on any atom is 0.0735 e. The number of hydrogen-bond acceptors (Lipinski definition) is 3. The number of nitrogens with one attached hydrogen (secondary N) is 1. The zero-order chi connectivity index (χ0) is 14.4. The third-order valence-corrected chi connectivity index (χ3v) is 4.56. The molecule has 0 amide bonds. The summed E-state index contributed by atoms with van der Waals surface area (Å²) < 4.78 is 5.79. The Morgan fingerprint density at radius 1 is 1.20 bits per heavy atom. The molecule has 0 unspecified atom stereocenters. The van der Waals surface area contributed by atoms with Gasteiger partial charge in [0.15, 0.2) is 0 Å². The van der Waals surface area contributed by atoms with Crippen LogP contribution >= 0.6 is 22.9 Å². The van der Waals surface area contributed by atoms with Gasteiger partial charge in [-0.2, -0.15) is 0 Å². The molecule has 20 heavy (non-hydrogen) atoms. The summed E-state index contributed by atoms with van der Waals surface area (Å²) in [4.78, 5) is 2.69. The van der Waals surface area contributed by atoms with Gasteiger partial charge in [0, 0.05) is 21.3 Å². The van der Waals surface area contributed by atoms with E-state index in [1.54, 1.807) is 0 Å². The van der Waals surface area contributed by atoms with Crippen molar-refractivity contribution in [3.8, 4) is 0 Å². The van der Waals surface area contributed by atoms with Crippen LogP contribution in [0, 0.1) is 6.92 Å². The molecule has 0 fully saturated rings. The Hall–Kier alpha value is -0.870. The first-order valence-electron chi connectivity index (χ1n) is 6.80. The van der Waals surface area contributed by atoms with Crippen LogP contribution < -0.4 is 5.32 Å². The van der Waals surface area contributed by atoms with Crippen molar-refractivity contribution >= 4 is 22.9 Å². The van der Waals surface area contributed by atoms with Crippen molar-refractivity contribution in [1.29, 1.82) is 0 Å². The van der Waals surface area contributed by atoms with Crippen molar-refractivity contribution in [2.45, 2.75) is 33.6 Å². The molecule has 0 aliphatic rings. The van der Waals surface area contributed by atoms with Gasteiger partial charge in [-0.15, -0.1) is 11.3 Å². The molecule has 1 N–H and O–H groups in total. The number of hydrogen-bond donors (Lipinski definition) is 1. The average Bonchev–Trinajstić information content (AvgIpc) is 2.79. The summed E-state index contributed by atoms with van der Waals surface area (Å²) in [6.45, 7) is 7.39. The van der Waals surface area contributed by atoms with Crippen molar-refractivity contribution in [1.82, 2.24) is 5.32 Å². The monoisotopic (exact) mass is 309 g/mol. The molecule has 1 heterocycles. The lowest BCUT2D eigenvalue weighted by molar-refractivity contribution is 0.107. The van der Waals surface area contributed by atoms with Gasteiger partial charge >= 0.3 is 0 Å². The molecule has 0 bridgehead atoms. The first-order valence-corrected chi connectivity index (χ1v) is 8.00. The molecule has 0 saturated heterocycles. The van der Waals surface area contributed by atoms with Crippen LogP contribution in [0.4, 0.5) is 0 Å². The number of halogens is 1. The van der Waals surface area contributed by atoms with E-state index in [2.05, 4.69) is 25.2 Å². The fourth-order valence-electron chi connectivity index (χ4n) is 1.95. The zero-order valence-corrected chi connectivity index (χ0v) is 13.5. The lowest BCUT2D eigenvalue weighted by Crippen LogP contribution is -2.10. The predicted molar refractivity (Wildman–Crippen MR) is 86.4 cm³/mol. The normalized spacial score (nSPS) is 10.9. The Morgan fingerprint density at radius 3 is 2.70 bits per heavy atom. The Morgan fingerprint density at radius 2 is 1.95 bits per heavy atom. The number of thiophene rings is 1. The number of ether oxygens (including phenoxy) is 1. The highest BCUT2D eigenvalue weighted by molar-refractivity contribution is 7.12. The van der Waals surface area contributed by atoms with Gasteiger partial charge in [0.05, 0.1) is 13.2 Å². The Balaban J connectivity index is 1.88. The molecule has 2 nitrogen and oxygen atoms in total. The van der Waals surface area contributed by atoms with Crippen LogP contribution in [-0.4, -0.2) is 6.54 Å². The van der Waals surface area contributed by atoms with Crippen LogP contribution in [0.15, 0.2) is 30.3 Å². The van der Waals surface area contributed by atoms with Crippen LogP contribution in [0.5, 0.6) is 0 Å². The van der Waals surface area contributed by atoms with Gasteiger partial charge in [0.1, 0.15) is 0 Å². The van der Waals surface area contributed by atoms with E-state index in [0.29, 0.717) is 13.2 Å². The van der Waals surface area contributed by atoms with E-state index in [-0.39, 0.29) is 0 Å². The molecule has 0 saturated carbocycles. The van der Waals surface area contributed by atoms with E-state index in [1.165, 1.54) is 15.3 Å². The predicted octanol–water partition coefficient (Wildman–Crippen LogP) is 4.54. The summed E-state index contributed by atoms with van der Waals surface area (Å²) in [7, 11) is 0. The second-order valence-corrected chi connectivity index (χ2v) is 6.41. The minimum absolute atomic E-state index is 0.553. The van der Waals surface area contributed by atoms with E-state index in [9.17, 15) is 0 Å². The summed E-state index contributed by atoms with van der Waals surface area (Å²) in [6.07, 6.45) is 0. The Labute approximate surface area is 129 Å². The summed E-state index contributed by atoms with van der Waals surface area (Å²) in [5.74, 6) is 0. The smallest absolute Gasteiger partial charge is 0.0735 e. The molecule has 2 aromatic rings. The lowest BCUT2D eigenvalue weighted by atomic mass is 10.2. The average molecular weight is 310 g/mol. The third-order valence-electron chi connectivity index (χ3n) is 3.09. The Bertz CT molecular complexity index is 553. The largest absolute Gasteiger partial charge is 0.372 e. The lowest BCUT2D eigenvalue weighted by Gasteiger charge is -2.05. The maximum absolute atomic E-state index is 6.11. The highest BCUT2D eigenvalue weighted by Gasteiger charge is 2.06. The van der Waals surface area contributed by atoms with E-state index >= 15 is 0 Å². The van der Waals surface area contributed by atoms with E-state index in [0.717, 1.165) is 23.7 Å². The molecule has 4 heteroatoms. The summed E-state index contributed by atoms with van der Waals surface area (Å²) in [5, 5.41) is 4.11. The van der Waals surface area contributed by atoms with Crippen LogP contribution in [0.2, 0.25) is 5.02 Å². The van der Waals surface area contributed by atoms with Crippen molar-refractivity contribution in [3.63, 3.8) is 0 Å². The highest BCUT2D eigenvalue weighted by atomic mass is 35.5. The fraction of sp³-hybridized carbons (Fsp3) is 0.375. The van der Waals surface area contributed by atoms with E-state index < -0.39 is 0 Å². The SMILES string of the molecule is CCNCc1cc(COCc2ccccc2Cl)c(C)s1. The first kappa shape index (κ1) is 15.5. The number of rotatable bonds is 7. The molecular formula is C16H20ClNOS. The van der Waals surface area contributed by atoms with Gasteiger partial charge in [-0.05, 0) is 36.7 Å². The van der Waals surface area contributed by atoms with Crippen molar-refractivity contribution < 1.29 is 4.74 Å². The van der Waals surface area contributed by atoms with Crippen LogP contribution in [0.3, 0.4) is 0 Å². The molecule has 0 atom stereocenters. The molecule has 0 aliphatic heterocycles. The Kier molecular flexibility index (Phi) is 6.05. The van der Waals surface area contributed by atoms with Gasteiger partial charge < -0.3 is 10.1 Å². The molecule has 2 rings (SSSR count). The summed E-state index contributed by atoms with van der Waals surface area (Å²) in [6, 6.07) is 10.0. The van der Waals surface area contributed by atoms with Gasteiger partial charge in [-0.1, -0.05) is 36.7 Å². The maximum atomic E-state index is 6.11. The fourth-order valence-corrected chi connectivity index (χ4v) is 3.16. The van der Waals surface area contributed by atoms with Crippen molar-refractivity contribution in [2.24, 2.45) is 0 Å². The van der Waals surface area contributed by atoms with Crippen molar-refractivity contribution in [2.75, 3.05) is 6.54 Å². The van der Waals surface area contributed by atoms with Crippen molar-refractivity contribution in [3.05, 3.63) is 56.2 Å². The molecule has 108 valence electrons. The third kappa shape index (κ3) is 4.32.